The normalized spacial score (nSPS) is 16.7. The first-order valence-corrected chi connectivity index (χ1v) is 14.0. The number of nitrogens with zero attached hydrogens (tertiary/aromatic N) is 4. The van der Waals surface area contributed by atoms with E-state index in [1.807, 2.05) is 27.7 Å². The second kappa shape index (κ2) is 12.6. The smallest absolute Gasteiger partial charge is 0.340 e. The van der Waals surface area contributed by atoms with Gasteiger partial charge in [0, 0.05) is 31.5 Å². The molecular formula is C29H46N4O5. The number of fused-ring (bicyclic) bond motifs is 1. The van der Waals surface area contributed by atoms with Crippen LogP contribution in [-0.4, -0.2) is 64.4 Å². The summed E-state index contributed by atoms with van der Waals surface area (Å²) in [6.45, 7) is 18.4. The lowest BCUT2D eigenvalue weighted by Crippen LogP contribution is -2.46. The number of hydrogen-bond acceptors (Lipinski definition) is 8. The molecule has 1 aliphatic heterocycles. The van der Waals surface area contributed by atoms with Gasteiger partial charge >= 0.3 is 5.97 Å². The largest absolute Gasteiger partial charge is 0.464 e. The van der Waals surface area contributed by atoms with E-state index in [0.717, 1.165) is 25.9 Å². The summed E-state index contributed by atoms with van der Waals surface area (Å²) < 4.78 is 19.8. The van der Waals surface area contributed by atoms with Crippen molar-refractivity contribution in [3.8, 4) is 0 Å². The van der Waals surface area contributed by atoms with E-state index in [9.17, 15) is 9.59 Å². The van der Waals surface area contributed by atoms with Crippen LogP contribution in [0.5, 0.6) is 0 Å². The fourth-order valence-electron chi connectivity index (χ4n) is 4.91. The predicted molar refractivity (Wildman–Crippen MR) is 148 cm³/mol. The molecule has 0 bridgehead atoms. The number of aryl methyl sites for hydroxylation is 1. The quantitative estimate of drug-likeness (QED) is 0.202. The first kappa shape index (κ1) is 30.0. The summed E-state index contributed by atoms with van der Waals surface area (Å²) in [6.07, 6.45) is 4.84. The van der Waals surface area contributed by atoms with Gasteiger partial charge in [-0.1, -0.05) is 26.7 Å². The Kier molecular flexibility index (Phi) is 9.92. The number of aldehydes is 1. The molecule has 3 rings (SSSR count). The van der Waals surface area contributed by atoms with Gasteiger partial charge in [-0.25, -0.2) is 9.78 Å². The molecule has 0 N–H and O–H groups in total. The Morgan fingerprint density at radius 1 is 1.21 bits per heavy atom. The van der Waals surface area contributed by atoms with Crippen LogP contribution in [-0.2, 0) is 19.0 Å². The van der Waals surface area contributed by atoms with Crippen molar-refractivity contribution in [3.63, 3.8) is 0 Å². The summed E-state index contributed by atoms with van der Waals surface area (Å²) in [7, 11) is 0. The molecule has 3 heterocycles. The Balaban J connectivity index is 1.95. The average Bonchev–Trinajstić information content (AvgIpc) is 3.24. The third kappa shape index (κ3) is 7.53. The number of ether oxygens (including phenoxy) is 3. The minimum absolute atomic E-state index is 0.212. The number of carbonyl (C=O) groups excluding carboxylic acids is 2. The fraction of sp³-hybridized carbons (Fsp3) is 0.724. The molecule has 1 saturated heterocycles. The number of esters is 1. The first-order valence-electron chi connectivity index (χ1n) is 14.0. The molecule has 0 aromatic carbocycles. The van der Waals surface area contributed by atoms with Crippen LogP contribution in [0.3, 0.4) is 0 Å². The molecule has 1 fully saturated rings. The Morgan fingerprint density at radius 3 is 2.47 bits per heavy atom. The minimum atomic E-state index is -0.990. The second-order valence-electron chi connectivity index (χ2n) is 11.9. The van der Waals surface area contributed by atoms with E-state index >= 15 is 0 Å². The van der Waals surface area contributed by atoms with Crippen molar-refractivity contribution in [2.24, 2.45) is 5.92 Å². The van der Waals surface area contributed by atoms with Crippen LogP contribution in [0.2, 0.25) is 0 Å². The van der Waals surface area contributed by atoms with E-state index in [1.165, 1.54) is 12.8 Å². The van der Waals surface area contributed by atoms with Gasteiger partial charge in [0.2, 0.25) is 0 Å². The zero-order chi connectivity index (χ0) is 28.1. The summed E-state index contributed by atoms with van der Waals surface area (Å²) in [6, 6.07) is 1.66. The van der Waals surface area contributed by atoms with Gasteiger partial charge in [-0.2, -0.15) is 9.61 Å². The van der Waals surface area contributed by atoms with Crippen LogP contribution in [0.15, 0.2) is 6.07 Å². The van der Waals surface area contributed by atoms with Crippen molar-refractivity contribution in [1.82, 2.24) is 14.6 Å². The van der Waals surface area contributed by atoms with Gasteiger partial charge < -0.3 is 19.1 Å². The van der Waals surface area contributed by atoms with E-state index in [4.69, 9.17) is 19.2 Å². The molecule has 0 amide bonds. The lowest BCUT2D eigenvalue weighted by Gasteiger charge is -2.41. The van der Waals surface area contributed by atoms with Gasteiger partial charge in [0.15, 0.2) is 18.0 Å². The summed E-state index contributed by atoms with van der Waals surface area (Å²) >= 11 is 0. The number of anilines is 1. The van der Waals surface area contributed by atoms with Gasteiger partial charge in [0.1, 0.15) is 11.5 Å². The molecule has 2 aromatic rings. The molecule has 38 heavy (non-hydrogen) atoms. The van der Waals surface area contributed by atoms with Gasteiger partial charge in [-0.3, -0.25) is 4.79 Å². The van der Waals surface area contributed by atoms with Crippen molar-refractivity contribution < 1.29 is 23.8 Å². The molecule has 0 radical (unpaired) electrons. The number of carbonyl (C=O) groups is 2. The third-order valence-corrected chi connectivity index (χ3v) is 6.93. The van der Waals surface area contributed by atoms with Gasteiger partial charge in [0.25, 0.3) is 0 Å². The zero-order valence-electron chi connectivity index (χ0n) is 24.5. The Labute approximate surface area is 227 Å². The molecule has 9 heteroatoms. The maximum absolute atomic E-state index is 13.2. The van der Waals surface area contributed by atoms with Crippen LogP contribution < -0.4 is 4.90 Å². The SMILES string of the molecule is CCOC(=O)[C@@H](OC(C)(C)C)c1c(C)nc2cc(C=O)nn2c1N1CCC(C)(OCCCCC(C)C)CC1. The van der Waals surface area contributed by atoms with Gasteiger partial charge in [-0.15, -0.1) is 0 Å². The molecule has 212 valence electrons. The molecule has 0 saturated carbocycles. The number of aromatic nitrogens is 3. The maximum Gasteiger partial charge on any atom is 0.340 e. The molecular weight excluding hydrogens is 484 g/mol. The summed E-state index contributed by atoms with van der Waals surface area (Å²) in [5.74, 6) is 0.954. The topological polar surface area (TPSA) is 95.3 Å². The van der Waals surface area contributed by atoms with Crippen LogP contribution >= 0.6 is 0 Å². The third-order valence-electron chi connectivity index (χ3n) is 6.93. The summed E-state index contributed by atoms with van der Waals surface area (Å²) in [4.78, 5) is 31.7. The molecule has 1 atom stereocenters. The van der Waals surface area contributed by atoms with E-state index < -0.39 is 17.7 Å². The van der Waals surface area contributed by atoms with Gasteiger partial charge in [-0.05, 0) is 66.7 Å². The van der Waals surface area contributed by atoms with Crippen LogP contribution in [0.4, 0.5) is 5.82 Å². The Hall–Kier alpha value is -2.52. The van der Waals surface area contributed by atoms with E-state index in [2.05, 4.69) is 30.8 Å². The van der Waals surface area contributed by atoms with Crippen molar-refractivity contribution >= 4 is 23.7 Å². The van der Waals surface area contributed by atoms with Crippen molar-refractivity contribution in [3.05, 3.63) is 23.0 Å². The lowest BCUT2D eigenvalue weighted by molar-refractivity contribution is -0.166. The number of rotatable bonds is 12. The van der Waals surface area contributed by atoms with E-state index in [1.54, 1.807) is 17.5 Å². The second-order valence-corrected chi connectivity index (χ2v) is 11.9. The molecule has 9 nitrogen and oxygen atoms in total. The van der Waals surface area contributed by atoms with Crippen LogP contribution in [0.25, 0.3) is 5.65 Å². The number of hydrogen-bond donors (Lipinski definition) is 0. The fourth-order valence-corrected chi connectivity index (χ4v) is 4.91. The first-order chi connectivity index (χ1) is 17.9. The number of unbranched alkanes of at least 4 members (excludes halogenated alkanes) is 1. The lowest BCUT2D eigenvalue weighted by atomic mass is 9.92. The molecule has 0 spiro atoms. The highest BCUT2D eigenvalue weighted by Gasteiger charge is 2.38. The highest BCUT2D eigenvalue weighted by Crippen LogP contribution is 2.38. The monoisotopic (exact) mass is 530 g/mol. The standard InChI is InChI=1S/C29H46N4O5/c1-9-36-27(35)25(38-28(5,6)7)24-21(4)30-23-18-22(19-34)31-33(23)26(24)32-15-13-29(8,14-16-32)37-17-11-10-12-20(2)3/h18-20,25H,9-17H2,1-8H3/t25-/m0/s1. The highest BCUT2D eigenvalue weighted by molar-refractivity contribution is 5.81. The molecule has 2 aromatic heterocycles. The summed E-state index contributed by atoms with van der Waals surface area (Å²) in [5, 5.41) is 4.52. The zero-order valence-corrected chi connectivity index (χ0v) is 24.5. The van der Waals surface area contributed by atoms with E-state index in [-0.39, 0.29) is 17.9 Å². The maximum atomic E-state index is 13.2. The minimum Gasteiger partial charge on any atom is -0.464 e. The number of piperidine rings is 1. The molecule has 0 unspecified atom stereocenters. The predicted octanol–water partition coefficient (Wildman–Crippen LogP) is 5.47. The molecule has 1 aliphatic rings. The van der Waals surface area contributed by atoms with Gasteiger partial charge in [0.05, 0.1) is 23.4 Å². The van der Waals surface area contributed by atoms with Crippen molar-refractivity contribution in [1.29, 1.82) is 0 Å². The highest BCUT2D eigenvalue weighted by atomic mass is 16.6. The van der Waals surface area contributed by atoms with Crippen LogP contribution in [0, 0.1) is 12.8 Å². The van der Waals surface area contributed by atoms with E-state index in [0.29, 0.717) is 48.0 Å². The Bertz CT molecular complexity index is 1100. The molecule has 0 aliphatic carbocycles. The van der Waals surface area contributed by atoms with Crippen LogP contribution in [0.1, 0.15) is 108 Å². The Morgan fingerprint density at radius 2 is 1.89 bits per heavy atom. The summed E-state index contributed by atoms with van der Waals surface area (Å²) in [5.41, 5.74) is 1.27. The average molecular weight is 531 g/mol. The van der Waals surface area contributed by atoms with Crippen molar-refractivity contribution in [2.45, 2.75) is 105 Å². The van der Waals surface area contributed by atoms with Crippen molar-refractivity contribution in [2.75, 3.05) is 31.2 Å².